The predicted molar refractivity (Wildman–Crippen MR) is 71.0 cm³/mol. The summed E-state index contributed by atoms with van der Waals surface area (Å²) in [6, 6.07) is 8.92. The Morgan fingerprint density at radius 1 is 1.24 bits per heavy atom. The van der Waals surface area contributed by atoms with Crippen molar-refractivity contribution in [2.24, 2.45) is 0 Å². The molecule has 0 aromatic heterocycles. The highest BCUT2D eigenvalue weighted by molar-refractivity contribution is 5.89. The second-order valence-corrected chi connectivity index (χ2v) is 4.23. The van der Waals surface area contributed by atoms with Crippen LogP contribution in [0.4, 0.5) is 14.5 Å². The van der Waals surface area contributed by atoms with Crippen molar-refractivity contribution in [1.29, 1.82) is 5.26 Å². The molecule has 0 spiro atoms. The van der Waals surface area contributed by atoms with E-state index in [1.807, 2.05) is 6.07 Å². The third-order valence-corrected chi connectivity index (χ3v) is 2.78. The third kappa shape index (κ3) is 3.34. The van der Waals surface area contributed by atoms with E-state index in [2.05, 4.69) is 0 Å². The minimum Gasteiger partial charge on any atom is -0.457 e. The van der Waals surface area contributed by atoms with Crippen LogP contribution in [0.25, 0.3) is 0 Å². The summed E-state index contributed by atoms with van der Waals surface area (Å²) in [7, 11) is 0. The van der Waals surface area contributed by atoms with E-state index >= 15 is 0 Å². The maximum Gasteiger partial charge on any atom is 0.338 e. The number of halogens is 2. The van der Waals surface area contributed by atoms with Crippen molar-refractivity contribution < 1.29 is 18.3 Å². The van der Waals surface area contributed by atoms with Crippen LogP contribution in [0, 0.1) is 23.0 Å². The van der Waals surface area contributed by atoms with E-state index < -0.39 is 17.6 Å². The van der Waals surface area contributed by atoms with Crippen LogP contribution in [-0.2, 0) is 11.3 Å². The summed E-state index contributed by atoms with van der Waals surface area (Å²) in [6.07, 6.45) is 0. The van der Waals surface area contributed by atoms with Crippen LogP contribution in [0.1, 0.15) is 21.5 Å². The molecule has 0 aliphatic rings. The molecule has 0 heterocycles. The number of ether oxygens (including phenoxy) is 1. The first kappa shape index (κ1) is 14.5. The Balaban J connectivity index is 2.13. The molecule has 0 saturated heterocycles. The van der Waals surface area contributed by atoms with E-state index in [9.17, 15) is 13.6 Å². The first-order chi connectivity index (χ1) is 10.0. The van der Waals surface area contributed by atoms with Gasteiger partial charge in [-0.3, -0.25) is 0 Å². The van der Waals surface area contributed by atoms with E-state index in [-0.39, 0.29) is 29.0 Å². The molecule has 0 atom stereocenters. The first-order valence-electron chi connectivity index (χ1n) is 5.92. The molecule has 0 radical (unpaired) electrons. The van der Waals surface area contributed by atoms with Crippen molar-refractivity contribution in [3.8, 4) is 6.07 Å². The lowest BCUT2D eigenvalue weighted by atomic mass is 10.1. The summed E-state index contributed by atoms with van der Waals surface area (Å²) in [5.74, 6) is -2.06. The standard InChI is InChI=1S/C15H10F2N2O2/c16-12-3-1-10(7-18)11(5-12)8-21-15(20)9-2-4-14(19)13(17)6-9/h1-6H,8,19H2. The fraction of sp³-hybridized carbons (Fsp3) is 0.0667. The molecule has 2 N–H and O–H groups in total. The average molecular weight is 288 g/mol. The molecule has 2 rings (SSSR count). The number of carbonyl (C=O) groups excluding carboxylic acids is 1. The van der Waals surface area contributed by atoms with Crippen molar-refractivity contribution in [3.63, 3.8) is 0 Å². The Morgan fingerprint density at radius 2 is 2.00 bits per heavy atom. The van der Waals surface area contributed by atoms with E-state index in [1.54, 1.807) is 0 Å². The molecule has 0 fully saturated rings. The number of nitrogens with two attached hydrogens (primary N) is 1. The zero-order valence-corrected chi connectivity index (χ0v) is 10.8. The molecular formula is C15H10F2N2O2. The highest BCUT2D eigenvalue weighted by Crippen LogP contribution is 2.15. The van der Waals surface area contributed by atoms with Crippen molar-refractivity contribution >= 4 is 11.7 Å². The lowest BCUT2D eigenvalue weighted by Gasteiger charge is -2.07. The molecule has 106 valence electrons. The molecule has 2 aromatic rings. The zero-order chi connectivity index (χ0) is 15.4. The first-order valence-corrected chi connectivity index (χ1v) is 5.92. The summed E-state index contributed by atoms with van der Waals surface area (Å²) in [6.45, 7) is -0.286. The van der Waals surface area contributed by atoms with E-state index in [0.717, 1.165) is 18.2 Å². The van der Waals surface area contributed by atoms with Gasteiger partial charge >= 0.3 is 5.97 Å². The molecular weight excluding hydrogens is 278 g/mol. The van der Waals surface area contributed by atoms with Gasteiger partial charge in [-0.2, -0.15) is 5.26 Å². The number of nitrogen functional groups attached to an aromatic ring is 1. The quantitative estimate of drug-likeness (QED) is 0.696. The lowest BCUT2D eigenvalue weighted by molar-refractivity contribution is 0.0471. The largest absolute Gasteiger partial charge is 0.457 e. The fourth-order valence-electron chi connectivity index (χ4n) is 1.67. The van der Waals surface area contributed by atoms with Crippen molar-refractivity contribution in [2.75, 3.05) is 5.73 Å². The Kier molecular flexibility index (Phi) is 4.14. The van der Waals surface area contributed by atoms with Crippen molar-refractivity contribution in [1.82, 2.24) is 0 Å². The molecule has 0 amide bonds. The Bertz CT molecular complexity index is 739. The van der Waals surface area contributed by atoms with E-state index in [4.69, 9.17) is 15.7 Å². The number of anilines is 1. The third-order valence-electron chi connectivity index (χ3n) is 2.78. The van der Waals surface area contributed by atoms with Crippen molar-refractivity contribution in [3.05, 3.63) is 64.7 Å². The smallest absolute Gasteiger partial charge is 0.338 e. The summed E-state index contributed by atoms with van der Waals surface area (Å²) >= 11 is 0. The highest BCUT2D eigenvalue weighted by Gasteiger charge is 2.12. The summed E-state index contributed by atoms with van der Waals surface area (Å²) < 4.78 is 31.3. The van der Waals surface area contributed by atoms with Gasteiger partial charge in [-0.05, 0) is 36.4 Å². The second-order valence-electron chi connectivity index (χ2n) is 4.23. The maximum absolute atomic E-state index is 13.2. The molecule has 0 aliphatic carbocycles. The van der Waals surface area contributed by atoms with Crippen LogP contribution in [0.5, 0.6) is 0 Å². The van der Waals surface area contributed by atoms with Gasteiger partial charge in [0.1, 0.15) is 18.2 Å². The van der Waals surface area contributed by atoms with Crippen molar-refractivity contribution in [2.45, 2.75) is 6.61 Å². The number of esters is 1. The van der Waals surface area contributed by atoms with Gasteiger partial charge in [0.25, 0.3) is 0 Å². The zero-order valence-electron chi connectivity index (χ0n) is 10.8. The number of benzene rings is 2. The number of nitrogens with zero attached hydrogens (tertiary/aromatic N) is 1. The topological polar surface area (TPSA) is 76.1 Å². The van der Waals surface area contributed by atoms with Crippen LogP contribution in [0.2, 0.25) is 0 Å². The molecule has 6 heteroatoms. The molecule has 0 unspecified atom stereocenters. The van der Waals surface area contributed by atoms with Gasteiger partial charge in [-0.1, -0.05) is 0 Å². The second kappa shape index (κ2) is 6.01. The highest BCUT2D eigenvalue weighted by atomic mass is 19.1. The van der Waals surface area contributed by atoms with Crippen LogP contribution in [0.3, 0.4) is 0 Å². The van der Waals surface area contributed by atoms with E-state index in [1.165, 1.54) is 18.2 Å². The summed E-state index contributed by atoms with van der Waals surface area (Å²) in [5, 5.41) is 8.88. The maximum atomic E-state index is 13.2. The van der Waals surface area contributed by atoms with Gasteiger partial charge < -0.3 is 10.5 Å². The van der Waals surface area contributed by atoms with Gasteiger partial charge in [0.15, 0.2) is 0 Å². The molecule has 21 heavy (non-hydrogen) atoms. The van der Waals surface area contributed by atoms with Crippen LogP contribution in [-0.4, -0.2) is 5.97 Å². The molecule has 2 aromatic carbocycles. The molecule has 0 saturated carbocycles. The Hall–Kier alpha value is -2.94. The van der Waals surface area contributed by atoms with Gasteiger partial charge in [-0.25, -0.2) is 13.6 Å². The molecule has 0 aliphatic heterocycles. The number of hydrogen-bond acceptors (Lipinski definition) is 4. The fourth-order valence-corrected chi connectivity index (χ4v) is 1.67. The summed E-state index contributed by atoms with van der Waals surface area (Å²) in [4.78, 5) is 11.8. The number of hydrogen-bond donors (Lipinski definition) is 1. The van der Waals surface area contributed by atoms with E-state index in [0.29, 0.717) is 0 Å². The minimum atomic E-state index is -0.790. The number of rotatable bonds is 3. The normalized spacial score (nSPS) is 9.95. The number of carbonyl (C=O) groups is 1. The van der Waals surface area contributed by atoms with Crippen LogP contribution in [0.15, 0.2) is 36.4 Å². The van der Waals surface area contributed by atoms with Gasteiger partial charge in [0.2, 0.25) is 0 Å². The predicted octanol–water partition coefficient (Wildman–Crippen LogP) is 2.78. The summed E-state index contributed by atoms with van der Waals surface area (Å²) in [5.41, 5.74) is 5.65. The molecule has 0 bridgehead atoms. The number of nitriles is 1. The van der Waals surface area contributed by atoms with Crippen LogP contribution >= 0.6 is 0 Å². The van der Waals surface area contributed by atoms with Gasteiger partial charge in [0.05, 0.1) is 22.9 Å². The van der Waals surface area contributed by atoms with Gasteiger partial charge in [-0.15, -0.1) is 0 Å². The molecule has 4 nitrogen and oxygen atoms in total. The Labute approximate surface area is 119 Å². The monoisotopic (exact) mass is 288 g/mol. The van der Waals surface area contributed by atoms with Gasteiger partial charge in [0, 0.05) is 5.56 Å². The SMILES string of the molecule is N#Cc1ccc(F)cc1COC(=O)c1ccc(N)c(F)c1. The Morgan fingerprint density at radius 3 is 2.67 bits per heavy atom. The average Bonchev–Trinajstić information content (AvgIpc) is 2.47. The van der Waals surface area contributed by atoms with Crippen LogP contribution < -0.4 is 5.73 Å². The minimum absolute atomic E-state index is 0.0170. The lowest BCUT2D eigenvalue weighted by Crippen LogP contribution is -2.07.